The zero-order valence-electron chi connectivity index (χ0n) is 9.16. The van der Waals surface area contributed by atoms with Gasteiger partial charge in [-0.15, -0.1) is 0 Å². The number of rotatable bonds is 2. The van der Waals surface area contributed by atoms with Crippen molar-refractivity contribution >= 4 is 17.4 Å². The van der Waals surface area contributed by atoms with E-state index in [0.717, 1.165) is 23.4 Å². The van der Waals surface area contributed by atoms with Gasteiger partial charge in [0.25, 0.3) is 0 Å². The van der Waals surface area contributed by atoms with Crippen molar-refractivity contribution in [2.24, 2.45) is 11.7 Å². The summed E-state index contributed by atoms with van der Waals surface area (Å²) < 4.78 is 0. The van der Waals surface area contributed by atoms with E-state index in [1.807, 2.05) is 24.3 Å². The van der Waals surface area contributed by atoms with Crippen molar-refractivity contribution in [1.29, 1.82) is 0 Å². The minimum atomic E-state index is 0.0327. The van der Waals surface area contributed by atoms with E-state index in [-0.39, 0.29) is 6.04 Å². The van der Waals surface area contributed by atoms with Gasteiger partial charge in [-0.05, 0) is 36.5 Å². The van der Waals surface area contributed by atoms with E-state index in [2.05, 4.69) is 0 Å². The van der Waals surface area contributed by atoms with Gasteiger partial charge in [-0.3, -0.25) is 4.79 Å². The summed E-state index contributed by atoms with van der Waals surface area (Å²) in [6, 6.07) is 7.72. The van der Waals surface area contributed by atoms with Gasteiger partial charge in [0.1, 0.15) is 5.78 Å². The van der Waals surface area contributed by atoms with Crippen LogP contribution in [0.2, 0.25) is 5.02 Å². The van der Waals surface area contributed by atoms with Crippen molar-refractivity contribution in [3.63, 3.8) is 0 Å². The van der Waals surface area contributed by atoms with Crippen molar-refractivity contribution in [3.8, 4) is 0 Å². The number of carbonyl (C=O) groups excluding carboxylic acids is 1. The number of nitrogens with two attached hydrogens (primary N) is 1. The van der Waals surface area contributed by atoms with Crippen LogP contribution in [0.15, 0.2) is 24.3 Å². The first-order chi connectivity index (χ1) is 7.66. The molecule has 16 heavy (non-hydrogen) atoms. The Morgan fingerprint density at radius 1 is 1.19 bits per heavy atom. The molecule has 1 atom stereocenters. The highest BCUT2D eigenvalue weighted by molar-refractivity contribution is 6.30. The molecule has 1 unspecified atom stereocenters. The molecule has 3 heteroatoms. The largest absolute Gasteiger partial charge is 0.324 e. The molecular formula is C13H16ClNO. The van der Waals surface area contributed by atoms with Gasteiger partial charge in [0.05, 0.1) is 0 Å². The van der Waals surface area contributed by atoms with Crippen LogP contribution in [0.25, 0.3) is 0 Å². The van der Waals surface area contributed by atoms with Crippen LogP contribution < -0.4 is 5.73 Å². The van der Waals surface area contributed by atoms with E-state index in [9.17, 15) is 4.79 Å². The molecule has 1 aliphatic carbocycles. The van der Waals surface area contributed by atoms with Gasteiger partial charge in [0.15, 0.2) is 0 Å². The Morgan fingerprint density at radius 3 is 2.31 bits per heavy atom. The first-order valence-corrected chi connectivity index (χ1v) is 6.07. The predicted molar refractivity (Wildman–Crippen MR) is 65.3 cm³/mol. The second kappa shape index (κ2) is 4.98. The maximum atomic E-state index is 11.2. The first-order valence-electron chi connectivity index (χ1n) is 5.69. The average Bonchev–Trinajstić information content (AvgIpc) is 2.30. The van der Waals surface area contributed by atoms with Crippen LogP contribution in [0.1, 0.15) is 37.3 Å². The number of hydrogen-bond donors (Lipinski definition) is 1. The van der Waals surface area contributed by atoms with Gasteiger partial charge < -0.3 is 5.73 Å². The molecule has 0 aromatic heterocycles. The molecule has 86 valence electrons. The molecule has 1 aromatic carbocycles. The predicted octanol–water partition coefficient (Wildman–Crippen LogP) is 3.10. The third kappa shape index (κ3) is 2.63. The lowest BCUT2D eigenvalue weighted by Gasteiger charge is -2.27. The monoisotopic (exact) mass is 237 g/mol. The molecule has 1 aromatic rings. The molecule has 2 nitrogen and oxygen atoms in total. The van der Waals surface area contributed by atoms with Gasteiger partial charge in [-0.1, -0.05) is 23.7 Å². The maximum Gasteiger partial charge on any atom is 0.132 e. The Morgan fingerprint density at radius 2 is 1.75 bits per heavy atom. The SMILES string of the molecule is NC(c1ccc(Cl)cc1)C1CCC(=O)CC1. The summed E-state index contributed by atoms with van der Waals surface area (Å²) in [7, 11) is 0. The summed E-state index contributed by atoms with van der Waals surface area (Å²) in [6.45, 7) is 0. The van der Waals surface area contributed by atoms with Crippen molar-refractivity contribution in [3.05, 3.63) is 34.9 Å². The zero-order valence-corrected chi connectivity index (χ0v) is 9.91. The highest BCUT2D eigenvalue weighted by atomic mass is 35.5. The highest BCUT2D eigenvalue weighted by Crippen LogP contribution is 2.31. The van der Waals surface area contributed by atoms with Gasteiger partial charge in [-0.25, -0.2) is 0 Å². The Kier molecular flexibility index (Phi) is 3.62. The normalized spacial score (nSPS) is 19.8. The number of carbonyl (C=O) groups is 1. The number of hydrogen-bond acceptors (Lipinski definition) is 2. The van der Waals surface area contributed by atoms with Crippen molar-refractivity contribution in [1.82, 2.24) is 0 Å². The summed E-state index contributed by atoms with van der Waals surface area (Å²) in [5.41, 5.74) is 7.33. The average molecular weight is 238 g/mol. The smallest absolute Gasteiger partial charge is 0.132 e. The molecule has 0 saturated heterocycles. The second-order valence-electron chi connectivity index (χ2n) is 4.45. The molecule has 1 fully saturated rings. The molecule has 0 radical (unpaired) electrons. The summed E-state index contributed by atoms with van der Waals surface area (Å²) in [5.74, 6) is 0.804. The summed E-state index contributed by atoms with van der Waals surface area (Å²) >= 11 is 5.84. The van der Waals surface area contributed by atoms with Crippen LogP contribution in [0.3, 0.4) is 0 Å². The Balaban J connectivity index is 2.04. The number of benzene rings is 1. The number of halogens is 1. The lowest BCUT2D eigenvalue weighted by atomic mass is 9.81. The van der Waals surface area contributed by atoms with E-state index in [4.69, 9.17) is 17.3 Å². The first kappa shape index (κ1) is 11.6. The van der Waals surface area contributed by atoms with Crippen LogP contribution in [0, 0.1) is 5.92 Å². The molecule has 0 heterocycles. The minimum Gasteiger partial charge on any atom is -0.324 e. The fourth-order valence-corrected chi connectivity index (χ4v) is 2.40. The minimum absolute atomic E-state index is 0.0327. The second-order valence-corrected chi connectivity index (χ2v) is 4.89. The molecule has 0 amide bonds. The third-order valence-corrected chi connectivity index (χ3v) is 3.60. The number of ketones is 1. The Hall–Kier alpha value is -0.860. The van der Waals surface area contributed by atoms with Crippen LogP contribution in [-0.4, -0.2) is 5.78 Å². The Labute approximate surface area is 101 Å². The Bertz CT molecular complexity index is 364. The van der Waals surface area contributed by atoms with Gasteiger partial charge in [0.2, 0.25) is 0 Å². The van der Waals surface area contributed by atoms with Gasteiger partial charge in [-0.2, -0.15) is 0 Å². The zero-order chi connectivity index (χ0) is 11.5. The molecule has 2 rings (SSSR count). The summed E-state index contributed by atoms with van der Waals surface area (Å²) in [4.78, 5) is 11.2. The maximum absolute atomic E-state index is 11.2. The fourth-order valence-electron chi connectivity index (χ4n) is 2.28. The van der Waals surface area contributed by atoms with Gasteiger partial charge >= 0.3 is 0 Å². The van der Waals surface area contributed by atoms with E-state index < -0.39 is 0 Å². The van der Waals surface area contributed by atoms with Crippen molar-refractivity contribution in [2.75, 3.05) is 0 Å². The van der Waals surface area contributed by atoms with E-state index in [1.165, 1.54) is 0 Å². The van der Waals surface area contributed by atoms with Crippen LogP contribution in [0.5, 0.6) is 0 Å². The van der Waals surface area contributed by atoms with Crippen molar-refractivity contribution in [2.45, 2.75) is 31.7 Å². The van der Waals surface area contributed by atoms with Crippen LogP contribution >= 0.6 is 11.6 Å². The third-order valence-electron chi connectivity index (χ3n) is 3.35. The van der Waals surface area contributed by atoms with E-state index in [0.29, 0.717) is 24.5 Å². The molecule has 0 bridgehead atoms. The summed E-state index contributed by atoms with van der Waals surface area (Å²) in [5, 5.41) is 0.731. The quantitative estimate of drug-likeness (QED) is 0.859. The topological polar surface area (TPSA) is 43.1 Å². The molecule has 0 aliphatic heterocycles. The molecule has 0 spiro atoms. The molecular weight excluding hydrogens is 222 g/mol. The van der Waals surface area contributed by atoms with Crippen LogP contribution in [0.4, 0.5) is 0 Å². The van der Waals surface area contributed by atoms with Gasteiger partial charge in [0, 0.05) is 23.9 Å². The van der Waals surface area contributed by atoms with E-state index >= 15 is 0 Å². The van der Waals surface area contributed by atoms with E-state index in [1.54, 1.807) is 0 Å². The number of Topliss-reactive ketones (excluding diaryl/α,β-unsaturated/α-hetero) is 1. The fraction of sp³-hybridized carbons (Fsp3) is 0.462. The van der Waals surface area contributed by atoms with Crippen molar-refractivity contribution < 1.29 is 4.79 Å². The lowest BCUT2D eigenvalue weighted by molar-refractivity contribution is -0.121. The lowest BCUT2D eigenvalue weighted by Crippen LogP contribution is -2.26. The molecule has 2 N–H and O–H groups in total. The van der Waals surface area contributed by atoms with Crippen LogP contribution in [-0.2, 0) is 4.79 Å². The highest BCUT2D eigenvalue weighted by Gasteiger charge is 2.24. The summed E-state index contributed by atoms with van der Waals surface area (Å²) in [6.07, 6.45) is 3.21. The molecule has 1 saturated carbocycles. The molecule has 1 aliphatic rings. The standard InChI is InChI=1S/C13H16ClNO/c14-11-5-1-9(2-6-11)13(15)10-3-7-12(16)8-4-10/h1-2,5-6,10,13H,3-4,7-8,15H2.